The molecule has 2 heterocycles. The summed E-state index contributed by atoms with van der Waals surface area (Å²) in [5, 5.41) is 0. The molecule has 0 unspecified atom stereocenters. The van der Waals surface area contributed by atoms with Gasteiger partial charge >= 0.3 is 0 Å². The molecule has 4 nitrogen and oxygen atoms in total. The molecule has 3 rings (SSSR count). The van der Waals surface area contributed by atoms with Crippen LogP contribution in [0.25, 0.3) is 12.2 Å². The lowest BCUT2D eigenvalue weighted by molar-refractivity contribution is 0.103. The van der Waals surface area contributed by atoms with Gasteiger partial charge in [0, 0.05) is 23.2 Å². The second-order valence-corrected chi connectivity index (χ2v) is 6.94. The monoisotopic (exact) mass is 407 g/mol. The first kappa shape index (κ1) is 16.6. The van der Waals surface area contributed by atoms with Gasteiger partial charge in [-0.15, -0.1) is 11.3 Å². The highest BCUT2D eigenvalue weighted by Crippen LogP contribution is 2.15. The number of ketones is 1. The fourth-order valence-electron chi connectivity index (χ4n) is 2.08. The Morgan fingerprint density at radius 3 is 2.88 bits per heavy atom. The number of benzene rings is 1. The minimum Gasteiger partial charge on any atom is -0.461 e. The molecule has 24 heavy (non-hydrogen) atoms. The number of nitrogens with zero attached hydrogens (tertiary/aromatic N) is 1. The molecule has 7 heteroatoms. The number of rotatable bonds is 3. The van der Waals surface area contributed by atoms with Crippen molar-refractivity contribution in [2.45, 2.75) is 0 Å². The number of aromatic nitrogens is 1. The quantitative estimate of drug-likeness (QED) is 0.626. The Balaban J connectivity index is 2.12. The summed E-state index contributed by atoms with van der Waals surface area (Å²) in [5.41, 5.74) is 0.00473. The van der Waals surface area contributed by atoms with Gasteiger partial charge in [0.25, 0.3) is 5.56 Å². The van der Waals surface area contributed by atoms with Crippen LogP contribution in [-0.4, -0.2) is 10.4 Å². The molecule has 0 saturated carbocycles. The lowest BCUT2D eigenvalue weighted by atomic mass is 10.2. The maximum atomic E-state index is 13.9. The Kier molecular flexibility index (Phi) is 4.64. The lowest BCUT2D eigenvalue weighted by Crippen LogP contribution is -2.29. The van der Waals surface area contributed by atoms with Gasteiger partial charge in [0.05, 0.1) is 10.8 Å². The Bertz CT molecular complexity index is 1080. The molecule has 0 fully saturated rings. The van der Waals surface area contributed by atoms with Crippen LogP contribution in [0.3, 0.4) is 0 Å². The molecule has 0 N–H and O–H groups in total. The number of thiazole rings is 1. The summed E-state index contributed by atoms with van der Waals surface area (Å²) in [6.07, 6.45) is 4.21. The van der Waals surface area contributed by atoms with E-state index in [9.17, 15) is 14.0 Å². The van der Waals surface area contributed by atoms with Crippen molar-refractivity contribution in [2.75, 3.05) is 0 Å². The Morgan fingerprint density at radius 1 is 1.38 bits per heavy atom. The Morgan fingerprint density at radius 2 is 2.17 bits per heavy atom. The van der Waals surface area contributed by atoms with Crippen LogP contribution in [0.1, 0.15) is 16.1 Å². The number of halogens is 2. The number of carbonyl (C=O) groups is 1. The standard InChI is InChI=1S/C17H11BrFNO3S/c1-20-16(9-13(21)14-3-2-6-23-14)24-15(17(20)22)8-10-7-11(18)4-5-12(10)19/h2-9H,1H3. The van der Waals surface area contributed by atoms with Crippen molar-refractivity contribution in [1.82, 2.24) is 4.57 Å². The van der Waals surface area contributed by atoms with Gasteiger partial charge in [0.15, 0.2) is 5.76 Å². The summed E-state index contributed by atoms with van der Waals surface area (Å²) in [7, 11) is 1.56. The molecule has 0 bridgehead atoms. The van der Waals surface area contributed by atoms with Crippen LogP contribution in [0.5, 0.6) is 0 Å². The molecule has 0 atom stereocenters. The SMILES string of the molecule is Cn1c(=CC(=O)c2ccco2)sc(=Cc2cc(Br)ccc2F)c1=O. The van der Waals surface area contributed by atoms with E-state index in [1.807, 2.05) is 0 Å². The zero-order valence-corrected chi connectivity index (χ0v) is 14.9. The zero-order chi connectivity index (χ0) is 17.3. The van der Waals surface area contributed by atoms with Gasteiger partial charge in [0.1, 0.15) is 10.5 Å². The molecule has 1 aromatic carbocycles. The highest BCUT2D eigenvalue weighted by Gasteiger charge is 2.08. The van der Waals surface area contributed by atoms with Gasteiger partial charge in [0.2, 0.25) is 5.78 Å². The number of carbonyl (C=O) groups excluding carboxylic acids is 1. The maximum Gasteiger partial charge on any atom is 0.268 e. The largest absolute Gasteiger partial charge is 0.461 e. The van der Waals surface area contributed by atoms with Gasteiger partial charge in [-0.2, -0.15) is 0 Å². The van der Waals surface area contributed by atoms with Crippen LogP contribution < -0.4 is 14.8 Å². The van der Waals surface area contributed by atoms with Crippen LogP contribution in [-0.2, 0) is 7.05 Å². The van der Waals surface area contributed by atoms with Crippen LogP contribution in [0, 0.1) is 5.82 Å². The van der Waals surface area contributed by atoms with E-state index in [2.05, 4.69) is 15.9 Å². The number of hydrogen-bond acceptors (Lipinski definition) is 4. The minimum atomic E-state index is -0.425. The predicted octanol–water partition coefficient (Wildman–Crippen LogP) is 2.43. The highest BCUT2D eigenvalue weighted by molar-refractivity contribution is 9.10. The number of furan rings is 1. The molecule has 0 aliphatic carbocycles. The summed E-state index contributed by atoms with van der Waals surface area (Å²) in [6, 6.07) is 7.66. The van der Waals surface area contributed by atoms with E-state index in [0.29, 0.717) is 19.2 Å². The first-order chi connectivity index (χ1) is 11.5. The van der Waals surface area contributed by atoms with Crippen LogP contribution in [0.2, 0.25) is 0 Å². The van der Waals surface area contributed by atoms with Crippen molar-refractivity contribution in [3.8, 4) is 0 Å². The predicted molar refractivity (Wildman–Crippen MR) is 94.0 cm³/mol. The summed E-state index contributed by atoms with van der Waals surface area (Å²) < 4.78 is 21.8. The van der Waals surface area contributed by atoms with Gasteiger partial charge in [-0.3, -0.25) is 9.59 Å². The van der Waals surface area contributed by atoms with Crippen molar-refractivity contribution >= 4 is 45.2 Å². The van der Waals surface area contributed by atoms with Crippen molar-refractivity contribution in [3.63, 3.8) is 0 Å². The molecular formula is C17H11BrFNO3S. The molecule has 0 amide bonds. The molecule has 0 aliphatic rings. The average Bonchev–Trinajstić information content (AvgIpc) is 3.17. The lowest BCUT2D eigenvalue weighted by Gasteiger charge is -1.96. The topological polar surface area (TPSA) is 52.2 Å². The normalized spacial score (nSPS) is 12.8. The summed E-state index contributed by atoms with van der Waals surface area (Å²) >= 11 is 4.39. The van der Waals surface area contributed by atoms with E-state index in [0.717, 1.165) is 11.3 Å². The van der Waals surface area contributed by atoms with E-state index in [-0.39, 0.29) is 17.1 Å². The number of hydrogen-bond donors (Lipinski definition) is 0. The van der Waals surface area contributed by atoms with Gasteiger partial charge in [-0.25, -0.2) is 4.39 Å². The molecule has 122 valence electrons. The van der Waals surface area contributed by atoms with E-state index < -0.39 is 5.82 Å². The fourth-order valence-corrected chi connectivity index (χ4v) is 3.48. The maximum absolute atomic E-state index is 13.9. The van der Waals surface area contributed by atoms with Crippen LogP contribution in [0.15, 0.2) is 50.3 Å². The minimum absolute atomic E-state index is 0.194. The van der Waals surface area contributed by atoms with Crippen molar-refractivity contribution < 1.29 is 13.6 Å². The third-order valence-electron chi connectivity index (χ3n) is 3.32. The summed E-state index contributed by atoms with van der Waals surface area (Å²) in [4.78, 5) is 24.4. The summed E-state index contributed by atoms with van der Waals surface area (Å²) in [5.74, 6) is -0.567. The van der Waals surface area contributed by atoms with Gasteiger partial charge < -0.3 is 8.98 Å². The van der Waals surface area contributed by atoms with E-state index in [4.69, 9.17) is 4.42 Å². The van der Waals surface area contributed by atoms with Gasteiger partial charge in [-0.1, -0.05) is 15.9 Å². The molecule has 2 aromatic heterocycles. The Hall–Kier alpha value is -2.25. The third kappa shape index (κ3) is 3.32. The molecule has 0 saturated heterocycles. The van der Waals surface area contributed by atoms with Crippen molar-refractivity contribution in [1.29, 1.82) is 0 Å². The van der Waals surface area contributed by atoms with Crippen LogP contribution in [0.4, 0.5) is 4.39 Å². The smallest absolute Gasteiger partial charge is 0.268 e. The fraction of sp³-hybridized carbons (Fsp3) is 0.0588. The Labute approximate surface area is 148 Å². The average molecular weight is 408 g/mol. The van der Waals surface area contributed by atoms with Crippen molar-refractivity contribution in [2.24, 2.45) is 7.05 Å². The van der Waals surface area contributed by atoms with Crippen molar-refractivity contribution in [3.05, 3.63) is 77.8 Å². The highest BCUT2D eigenvalue weighted by atomic mass is 79.9. The summed E-state index contributed by atoms with van der Waals surface area (Å²) in [6.45, 7) is 0. The third-order valence-corrected chi connectivity index (χ3v) is 4.93. The molecular weight excluding hydrogens is 397 g/mol. The molecule has 0 spiro atoms. The van der Waals surface area contributed by atoms with E-state index in [1.54, 1.807) is 31.3 Å². The van der Waals surface area contributed by atoms with Gasteiger partial charge in [-0.05, 0) is 36.4 Å². The molecule has 0 aliphatic heterocycles. The first-order valence-corrected chi connectivity index (χ1v) is 8.49. The number of Topliss-reactive ketones (excluding diaryl/α,β-unsaturated/α-hetero) is 1. The molecule has 3 aromatic rings. The molecule has 0 radical (unpaired) electrons. The zero-order valence-electron chi connectivity index (χ0n) is 12.5. The second-order valence-electron chi connectivity index (χ2n) is 4.96. The van der Waals surface area contributed by atoms with Crippen LogP contribution >= 0.6 is 27.3 Å². The van der Waals surface area contributed by atoms with E-state index >= 15 is 0 Å². The van der Waals surface area contributed by atoms with E-state index in [1.165, 1.54) is 29.0 Å². The first-order valence-electron chi connectivity index (χ1n) is 6.88. The second kappa shape index (κ2) is 6.70.